The zero-order valence-electron chi connectivity index (χ0n) is 20.6. The van der Waals surface area contributed by atoms with Gasteiger partial charge in [-0.2, -0.15) is 0 Å². The van der Waals surface area contributed by atoms with E-state index >= 15 is 0 Å². The molecule has 0 unspecified atom stereocenters. The van der Waals surface area contributed by atoms with E-state index in [4.69, 9.17) is 0 Å². The summed E-state index contributed by atoms with van der Waals surface area (Å²) in [5.41, 5.74) is 0.965. The van der Waals surface area contributed by atoms with E-state index in [2.05, 4.69) is 5.32 Å². The van der Waals surface area contributed by atoms with Gasteiger partial charge in [0.15, 0.2) is 0 Å². The van der Waals surface area contributed by atoms with Crippen LogP contribution in [0.25, 0.3) is 0 Å². The van der Waals surface area contributed by atoms with Crippen LogP contribution in [0.4, 0.5) is 11.4 Å². The van der Waals surface area contributed by atoms with Crippen LogP contribution in [-0.4, -0.2) is 54.9 Å². The van der Waals surface area contributed by atoms with Gasteiger partial charge in [0.25, 0.3) is 5.69 Å². The topological polar surface area (TPSA) is 130 Å². The quantitative estimate of drug-likeness (QED) is 0.370. The van der Waals surface area contributed by atoms with Gasteiger partial charge >= 0.3 is 0 Å². The number of amides is 2. The molecule has 2 rings (SSSR count). The average molecular weight is 505 g/mol. The predicted molar refractivity (Wildman–Crippen MR) is 134 cm³/mol. The highest BCUT2D eigenvalue weighted by molar-refractivity contribution is 7.92. The van der Waals surface area contributed by atoms with Crippen molar-refractivity contribution in [2.24, 2.45) is 0 Å². The molecule has 0 saturated heterocycles. The first kappa shape index (κ1) is 27.8. The highest BCUT2D eigenvalue weighted by Crippen LogP contribution is 2.28. The van der Waals surface area contributed by atoms with Crippen molar-refractivity contribution < 1.29 is 22.9 Å². The minimum Gasteiger partial charge on any atom is -0.352 e. The number of nitro benzene ring substituents is 1. The Morgan fingerprint density at radius 2 is 1.74 bits per heavy atom. The van der Waals surface area contributed by atoms with E-state index in [1.807, 2.05) is 44.2 Å². The van der Waals surface area contributed by atoms with Gasteiger partial charge in [0, 0.05) is 24.7 Å². The second-order valence-corrected chi connectivity index (χ2v) is 10.5. The molecule has 11 heteroatoms. The third kappa shape index (κ3) is 7.51. The summed E-state index contributed by atoms with van der Waals surface area (Å²) in [4.78, 5) is 38.5. The fraction of sp³-hybridized carbons (Fsp3) is 0.417. The van der Waals surface area contributed by atoms with Crippen LogP contribution in [0.3, 0.4) is 0 Å². The number of aryl methyl sites for hydroxylation is 1. The summed E-state index contributed by atoms with van der Waals surface area (Å²) in [6.07, 6.45) is 1.24. The Bertz CT molecular complexity index is 1170. The Morgan fingerprint density at radius 3 is 2.26 bits per heavy atom. The number of carbonyl (C=O) groups is 2. The number of carbonyl (C=O) groups excluding carboxylic acids is 2. The van der Waals surface area contributed by atoms with E-state index in [-0.39, 0.29) is 29.9 Å². The molecular formula is C24H32N4O6S. The van der Waals surface area contributed by atoms with E-state index in [9.17, 15) is 28.1 Å². The smallest absolute Gasteiger partial charge is 0.271 e. The Labute approximate surface area is 206 Å². The third-order valence-electron chi connectivity index (χ3n) is 5.36. The van der Waals surface area contributed by atoms with Gasteiger partial charge in [0.1, 0.15) is 12.6 Å². The minimum atomic E-state index is -3.99. The van der Waals surface area contributed by atoms with E-state index in [0.717, 1.165) is 22.2 Å². The van der Waals surface area contributed by atoms with Gasteiger partial charge in [0.05, 0.1) is 16.9 Å². The molecule has 0 fully saturated rings. The van der Waals surface area contributed by atoms with Crippen LogP contribution in [0.1, 0.15) is 38.3 Å². The normalized spacial score (nSPS) is 12.2. The minimum absolute atomic E-state index is 0.0365. The summed E-state index contributed by atoms with van der Waals surface area (Å²) >= 11 is 0. The molecular weight excluding hydrogens is 472 g/mol. The molecule has 190 valence electrons. The highest BCUT2D eigenvalue weighted by atomic mass is 32.2. The third-order valence-corrected chi connectivity index (χ3v) is 6.49. The first-order chi connectivity index (χ1) is 16.3. The highest BCUT2D eigenvalue weighted by Gasteiger charge is 2.32. The van der Waals surface area contributed by atoms with Crippen molar-refractivity contribution in [1.29, 1.82) is 0 Å². The number of nitrogens with zero attached hydrogens (tertiary/aromatic N) is 3. The fourth-order valence-corrected chi connectivity index (χ4v) is 4.55. The van der Waals surface area contributed by atoms with Crippen LogP contribution < -0.4 is 9.62 Å². The average Bonchev–Trinajstić information content (AvgIpc) is 2.77. The molecule has 2 aromatic rings. The molecule has 0 bridgehead atoms. The summed E-state index contributed by atoms with van der Waals surface area (Å²) in [6.45, 7) is 6.48. The van der Waals surface area contributed by atoms with Gasteiger partial charge in [-0.1, -0.05) is 43.3 Å². The summed E-state index contributed by atoms with van der Waals surface area (Å²) in [5.74, 6) is -0.944. The first-order valence-corrected chi connectivity index (χ1v) is 13.1. The maximum absolute atomic E-state index is 13.6. The SMILES string of the molecule is CC[C@@H](C(=O)NC(C)C)N(Cc1ccccc1)C(=O)CN(c1cc([N+](=O)[O-])ccc1C)S(C)(=O)=O. The van der Waals surface area contributed by atoms with Crippen molar-refractivity contribution in [3.8, 4) is 0 Å². The molecule has 0 aliphatic carbocycles. The molecule has 2 aromatic carbocycles. The van der Waals surface area contributed by atoms with E-state index in [1.54, 1.807) is 13.8 Å². The first-order valence-electron chi connectivity index (χ1n) is 11.2. The molecule has 0 radical (unpaired) electrons. The predicted octanol–water partition coefficient (Wildman–Crippen LogP) is 3.00. The monoisotopic (exact) mass is 504 g/mol. The molecule has 35 heavy (non-hydrogen) atoms. The Balaban J connectivity index is 2.51. The molecule has 1 N–H and O–H groups in total. The molecule has 1 atom stereocenters. The zero-order chi connectivity index (χ0) is 26.3. The molecule has 0 heterocycles. The number of anilines is 1. The standard InChI is InChI=1S/C24H32N4O6S/c1-6-21(24(30)25-17(2)3)26(15-19-10-8-7-9-11-19)23(29)16-27(35(5,33)34)22-14-20(28(31)32)13-12-18(22)4/h7-14,17,21H,6,15-16H2,1-5H3,(H,25,30)/t21-/m0/s1. The second kappa shape index (κ2) is 11.8. The Hall–Kier alpha value is -3.47. The molecule has 0 aliphatic rings. The lowest BCUT2D eigenvalue weighted by atomic mass is 10.1. The van der Waals surface area contributed by atoms with Gasteiger partial charge < -0.3 is 10.2 Å². The van der Waals surface area contributed by atoms with Crippen LogP contribution in [-0.2, 0) is 26.2 Å². The number of hydrogen-bond acceptors (Lipinski definition) is 6. The number of nitrogens with one attached hydrogen (secondary N) is 1. The van der Waals surface area contributed by atoms with Crippen LogP contribution in [0.15, 0.2) is 48.5 Å². The summed E-state index contributed by atoms with van der Waals surface area (Å²) in [7, 11) is -3.99. The molecule has 0 saturated carbocycles. The van der Waals surface area contributed by atoms with E-state index in [0.29, 0.717) is 12.0 Å². The maximum Gasteiger partial charge on any atom is 0.271 e. The van der Waals surface area contributed by atoms with Gasteiger partial charge in [-0.3, -0.25) is 24.0 Å². The largest absolute Gasteiger partial charge is 0.352 e. The van der Waals surface area contributed by atoms with Crippen molar-refractivity contribution in [2.75, 3.05) is 17.1 Å². The second-order valence-electron chi connectivity index (χ2n) is 8.59. The van der Waals surface area contributed by atoms with Gasteiger partial charge in [-0.15, -0.1) is 0 Å². The number of nitro groups is 1. The molecule has 10 nitrogen and oxygen atoms in total. The molecule has 0 aromatic heterocycles. The molecule has 0 spiro atoms. The number of sulfonamides is 1. The van der Waals surface area contributed by atoms with Crippen LogP contribution in [0.2, 0.25) is 0 Å². The number of hydrogen-bond donors (Lipinski definition) is 1. The molecule has 2 amide bonds. The van der Waals surface area contributed by atoms with Gasteiger partial charge in [-0.05, 0) is 38.3 Å². The van der Waals surface area contributed by atoms with E-state index < -0.39 is 33.4 Å². The summed E-state index contributed by atoms with van der Waals surface area (Å²) in [5, 5.41) is 14.1. The van der Waals surface area contributed by atoms with Crippen molar-refractivity contribution in [2.45, 2.75) is 52.7 Å². The number of rotatable bonds is 11. The zero-order valence-corrected chi connectivity index (χ0v) is 21.4. The fourth-order valence-electron chi connectivity index (χ4n) is 3.66. The summed E-state index contributed by atoms with van der Waals surface area (Å²) in [6, 6.07) is 11.9. The van der Waals surface area contributed by atoms with E-state index in [1.165, 1.54) is 17.0 Å². The maximum atomic E-state index is 13.6. The lowest BCUT2D eigenvalue weighted by molar-refractivity contribution is -0.384. The Morgan fingerprint density at radius 1 is 1.11 bits per heavy atom. The number of benzene rings is 2. The van der Waals surface area contributed by atoms with Crippen molar-refractivity contribution >= 4 is 33.2 Å². The van der Waals surface area contributed by atoms with Crippen LogP contribution in [0.5, 0.6) is 0 Å². The van der Waals surface area contributed by atoms with Gasteiger partial charge in [0.2, 0.25) is 21.8 Å². The lowest BCUT2D eigenvalue weighted by Gasteiger charge is -2.33. The summed E-state index contributed by atoms with van der Waals surface area (Å²) < 4.78 is 26.3. The van der Waals surface area contributed by atoms with Crippen molar-refractivity contribution in [3.05, 3.63) is 69.8 Å². The number of non-ortho nitro benzene ring substituents is 1. The van der Waals surface area contributed by atoms with Crippen molar-refractivity contribution in [3.63, 3.8) is 0 Å². The molecule has 0 aliphatic heterocycles. The lowest BCUT2D eigenvalue weighted by Crippen LogP contribution is -2.53. The van der Waals surface area contributed by atoms with Crippen molar-refractivity contribution in [1.82, 2.24) is 10.2 Å². The van der Waals surface area contributed by atoms with Crippen LogP contribution in [0, 0.1) is 17.0 Å². The van der Waals surface area contributed by atoms with Gasteiger partial charge in [-0.25, -0.2) is 8.42 Å². The van der Waals surface area contributed by atoms with Crippen LogP contribution >= 0.6 is 0 Å². The Kier molecular flexibility index (Phi) is 9.35.